The van der Waals surface area contributed by atoms with Gasteiger partial charge in [-0.05, 0) is 68.4 Å². The third-order valence-corrected chi connectivity index (χ3v) is 7.60. The number of para-hydroxylation sites is 1. The molecule has 1 unspecified atom stereocenters. The highest BCUT2D eigenvalue weighted by Crippen LogP contribution is 2.57. The average molecular weight is 389 g/mol. The van der Waals surface area contributed by atoms with Crippen molar-refractivity contribution in [2.24, 2.45) is 17.8 Å². The third-order valence-electron chi connectivity index (χ3n) is 7.60. The maximum Gasteiger partial charge on any atom is 0.146 e. The van der Waals surface area contributed by atoms with Crippen LogP contribution in [0.5, 0.6) is 0 Å². The molecule has 6 rings (SSSR count). The second-order valence-corrected chi connectivity index (χ2v) is 9.80. The van der Waals surface area contributed by atoms with Crippen molar-refractivity contribution in [2.45, 2.75) is 50.2 Å². The van der Waals surface area contributed by atoms with Crippen LogP contribution < -0.4 is 4.90 Å². The molecule has 28 heavy (non-hydrogen) atoms. The van der Waals surface area contributed by atoms with Gasteiger partial charge in [-0.1, -0.05) is 12.1 Å². The number of nitrogens with zero attached hydrogens (tertiary/aromatic N) is 2. The lowest BCUT2D eigenvalue weighted by Crippen LogP contribution is -2.53. The average Bonchev–Trinajstić information content (AvgIpc) is 2.67. The zero-order valence-electron chi connectivity index (χ0n) is 16.7. The van der Waals surface area contributed by atoms with Crippen LogP contribution in [0, 0.1) is 23.6 Å². The number of hydrogen-bond acceptors (Lipinski definition) is 4. The fourth-order valence-electron chi connectivity index (χ4n) is 6.71. The first-order valence-electron chi connectivity index (χ1n) is 11.1. The molecule has 4 bridgehead atoms. The molecule has 154 valence electrons. The first-order valence-corrected chi connectivity index (χ1v) is 11.1. The van der Waals surface area contributed by atoms with Gasteiger partial charge in [0, 0.05) is 32.7 Å². The second-order valence-electron chi connectivity index (χ2n) is 9.80. The van der Waals surface area contributed by atoms with E-state index in [4.69, 9.17) is 4.74 Å². The molecule has 1 saturated heterocycles. The van der Waals surface area contributed by atoms with E-state index in [1.807, 2.05) is 12.1 Å². The van der Waals surface area contributed by atoms with E-state index >= 15 is 0 Å². The summed E-state index contributed by atoms with van der Waals surface area (Å²) >= 11 is 0. The number of aliphatic hydroxyl groups is 1. The number of ether oxygens (including phenoxy) is 1. The van der Waals surface area contributed by atoms with Crippen LogP contribution in [0.2, 0.25) is 0 Å². The normalized spacial score (nSPS) is 36.1. The lowest BCUT2D eigenvalue weighted by Gasteiger charge is -2.56. The molecule has 5 aliphatic rings. The number of hydrogen-bond donors (Lipinski definition) is 1. The molecule has 1 atom stereocenters. The van der Waals surface area contributed by atoms with E-state index in [1.54, 1.807) is 6.07 Å². The fourth-order valence-corrected chi connectivity index (χ4v) is 6.71. The lowest BCUT2D eigenvalue weighted by atomic mass is 9.54. The molecule has 1 aliphatic heterocycles. The molecule has 1 heterocycles. The van der Waals surface area contributed by atoms with E-state index in [9.17, 15) is 9.50 Å². The quantitative estimate of drug-likeness (QED) is 0.811. The number of piperazine rings is 1. The van der Waals surface area contributed by atoms with Gasteiger partial charge in [-0.2, -0.15) is 0 Å². The predicted octanol–water partition coefficient (Wildman–Crippen LogP) is 3.29. The largest absolute Gasteiger partial charge is 0.389 e. The Balaban J connectivity index is 1.09. The van der Waals surface area contributed by atoms with E-state index in [2.05, 4.69) is 9.80 Å². The van der Waals surface area contributed by atoms with Crippen LogP contribution in [0.4, 0.5) is 10.1 Å². The Bertz CT molecular complexity index is 654. The van der Waals surface area contributed by atoms with Gasteiger partial charge >= 0.3 is 0 Å². The molecule has 0 aromatic heterocycles. The van der Waals surface area contributed by atoms with Crippen LogP contribution in [-0.2, 0) is 4.74 Å². The standard InChI is InChI=1S/C23H33FN2O2/c24-21-3-1-2-4-22(21)26-7-5-25(6-8-26)15-20(27)16-28-23-12-17-9-18(13-23)11-19(10-17)14-23/h1-4,17-20,27H,5-16H2. The van der Waals surface area contributed by atoms with Gasteiger partial charge in [0.25, 0.3) is 0 Å². The Morgan fingerprint density at radius 3 is 2.21 bits per heavy atom. The van der Waals surface area contributed by atoms with E-state index in [1.165, 1.54) is 44.6 Å². The zero-order chi connectivity index (χ0) is 19.1. The summed E-state index contributed by atoms with van der Waals surface area (Å²) in [6, 6.07) is 6.98. The van der Waals surface area contributed by atoms with Crippen molar-refractivity contribution in [3.8, 4) is 0 Å². The topological polar surface area (TPSA) is 35.9 Å². The van der Waals surface area contributed by atoms with Gasteiger partial charge in [-0.15, -0.1) is 0 Å². The smallest absolute Gasteiger partial charge is 0.146 e. The molecule has 4 aliphatic carbocycles. The van der Waals surface area contributed by atoms with Crippen LogP contribution in [-0.4, -0.2) is 61.0 Å². The van der Waals surface area contributed by atoms with Crippen molar-refractivity contribution < 1.29 is 14.2 Å². The molecule has 0 radical (unpaired) electrons. The second kappa shape index (κ2) is 7.58. The summed E-state index contributed by atoms with van der Waals surface area (Å²) in [4.78, 5) is 4.38. The van der Waals surface area contributed by atoms with Gasteiger partial charge in [-0.3, -0.25) is 4.90 Å². The SMILES string of the molecule is OC(COC12CC3CC(CC(C3)C1)C2)CN1CCN(c2ccccc2F)CC1. The van der Waals surface area contributed by atoms with Gasteiger partial charge in [0.15, 0.2) is 0 Å². The van der Waals surface area contributed by atoms with Gasteiger partial charge in [0.1, 0.15) is 5.82 Å². The predicted molar refractivity (Wildman–Crippen MR) is 108 cm³/mol. The van der Waals surface area contributed by atoms with Gasteiger partial charge < -0.3 is 14.7 Å². The summed E-state index contributed by atoms with van der Waals surface area (Å²) in [5, 5.41) is 10.6. The monoisotopic (exact) mass is 388 g/mol. The summed E-state index contributed by atoms with van der Waals surface area (Å²) < 4.78 is 20.4. The summed E-state index contributed by atoms with van der Waals surface area (Å²) in [7, 11) is 0. The lowest BCUT2D eigenvalue weighted by molar-refractivity contribution is -0.176. The molecule has 5 fully saturated rings. The number of halogens is 1. The van der Waals surface area contributed by atoms with Gasteiger partial charge in [0.2, 0.25) is 0 Å². The summed E-state index contributed by atoms with van der Waals surface area (Å²) in [5.41, 5.74) is 0.757. The molecule has 5 heteroatoms. The molecule has 4 saturated carbocycles. The van der Waals surface area contributed by atoms with Crippen molar-refractivity contribution in [1.29, 1.82) is 0 Å². The summed E-state index contributed by atoms with van der Waals surface area (Å²) in [5.74, 6) is 2.46. The number of aliphatic hydroxyl groups excluding tert-OH is 1. The third kappa shape index (κ3) is 3.81. The highest BCUT2D eigenvalue weighted by atomic mass is 19.1. The van der Waals surface area contributed by atoms with Crippen LogP contribution in [0.1, 0.15) is 38.5 Å². The molecular weight excluding hydrogens is 355 g/mol. The van der Waals surface area contributed by atoms with E-state index in [0.717, 1.165) is 43.9 Å². The van der Waals surface area contributed by atoms with E-state index in [-0.39, 0.29) is 11.4 Å². The Kier molecular flexibility index (Phi) is 5.10. The minimum Gasteiger partial charge on any atom is -0.389 e. The van der Waals surface area contributed by atoms with Crippen molar-refractivity contribution in [3.63, 3.8) is 0 Å². The molecule has 1 aromatic rings. The molecule has 1 N–H and O–H groups in total. The van der Waals surface area contributed by atoms with Gasteiger partial charge in [-0.25, -0.2) is 4.39 Å². The molecule has 4 nitrogen and oxygen atoms in total. The number of benzene rings is 1. The Morgan fingerprint density at radius 1 is 1.00 bits per heavy atom. The highest BCUT2D eigenvalue weighted by molar-refractivity contribution is 5.47. The number of anilines is 1. The molecule has 0 amide bonds. The van der Waals surface area contributed by atoms with Crippen LogP contribution in [0.25, 0.3) is 0 Å². The van der Waals surface area contributed by atoms with Crippen LogP contribution in [0.15, 0.2) is 24.3 Å². The van der Waals surface area contributed by atoms with Crippen molar-refractivity contribution in [3.05, 3.63) is 30.1 Å². The molecular formula is C23H33FN2O2. The molecule has 0 spiro atoms. The minimum absolute atomic E-state index is 0.0687. The van der Waals surface area contributed by atoms with Crippen molar-refractivity contribution >= 4 is 5.69 Å². The van der Waals surface area contributed by atoms with Crippen molar-refractivity contribution in [1.82, 2.24) is 4.90 Å². The van der Waals surface area contributed by atoms with E-state index < -0.39 is 6.10 Å². The van der Waals surface area contributed by atoms with Crippen LogP contribution in [0.3, 0.4) is 0 Å². The Hall–Kier alpha value is -1.17. The minimum atomic E-state index is -0.437. The maximum atomic E-state index is 14.0. The molecule has 1 aromatic carbocycles. The zero-order valence-corrected chi connectivity index (χ0v) is 16.7. The fraction of sp³-hybridized carbons (Fsp3) is 0.739. The number of rotatable bonds is 6. The highest BCUT2D eigenvalue weighted by Gasteiger charge is 2.51. The van der Waals surface area contributed by atoms with Crippen LogP contribution >= 0.6 is 0 Å². The first-order chi connectivity index (χ1) is 13.6. The van der Waals surface area contributed by atoms with Crippen molar-refractivity contribution in [2.75, 3.05) is 44.2 Å². The summed E-state index contributed by atoms with van der Waals surface area (Å²) in [6.45, 7) is 4.40. The van der Waals surface area contributed by atoms with Gasteiger partial charge in [0.05, 0.1) is 24.0 Å². The number of β-amino-alcohol motifs (C(OH)–C–C–N with tert-alkyl or cyclic N) is 1. The Labute approximate surface area is 167 Å². The maximum absolute atomic E-state index is 14.0. The first kappa shape index (κ1) is 18.8. The Morgan fingerprint density at radius 2 is 1.61 bits per heavy atom. The van der Waals surface area contributed by atoms with E-state index in [0.29, 0.717) is 18.8 Å². The summed E-state index contributed by atoms with van der Waals surface area (Å²) in [6.07, 6.45) is 7.45.